The molecule has 1 N–H and O–H groups in total. The van der Waals surface area contributed by atoms with Gasteiger partial charge in [-0.05, 0) is 60.0 Å². The highest BCUT2D eigenvalue weighted by atomic mass is 19.1. The Morgan fingerprint density at radius 3 is 2.50 bits per heavy atom. The second-order valence-corrected chi connectivity index (χ2v) is 7.92. The fraction of sp³-hybridized carbons (Fsp3) is 0.107. The lowest BCUT2D eigenvalue weighted by Crippen LogP contribution is -2.54. The molecule has 0 aliphatic carbocycles. The van der Waals surface area contributed by atoms with Crippen molar-refractivity contribution in [1.82, 2.24) is 5.32 Å². The molecule has 0 spiro atoms. The number of para-hydroxylation sites is 1. The van der Waals surface area contributed by atoms with E-state index in [2.05, 4.69) is 11.9 Å². The molecule has 1 heterocycles. The Labute approximate surface area is 207 Å². The number of carbonyl (C=O) groups excluding carboxylic acids is 3. The van der Waals surface area contributed by atoms with E-state index in [0.717, 1.165) is 4.90 Å². The standard InChI is InChI=1S/C28H23FN2O5/c1-3-8-20-13-19(16-24(35-2)25(20)36-17-18-9-7-10-21(29)14-18)15-23-26(32)30-28(34)31(27(23)33)22-11-5-4-6-12-22/h3-7,9-16H,1,8,17H2,2H3,(H,30,32,34)/b23-15+. The number of barbiturate groups is 1. The second-order valence-electron chi connectivity index (χ2n) is 7.92. The van der Waals surface area contributed by atoms with Crippen LogP contribution in [-0.4, -0.2) is 25.0 Å². The lowest BCUT2D eigenvalue weighted by Gasteiger charge is -2.26. The molecular formula is C28H23FN2O5. The van der Waals surface area contributed by atoms with E-state index in [-0.39, 0.29) is 18.0 Å². The minimum absolute atomic E-state index is 0.105. The van der Waals surface area contributed by atoms with Crippen molar-refractivity contribution in [1.29, 1.82) is 0 Å². The van der Waals surface area contributed by atoms with Crippen LogP contribution in [0.1, 0.15) is 16.7 Å². The molecule has 1 fully saturated rings. The SMILES string of the molecule is C=CCc1cc(/C=C2\C(=O)NC(=O)N(c3ccccc3)C2=O)cc(OC)c1OCc1cccc(F)c1. The van der Waals surface area contributed by atoms with Crippen molar-refractivity contribution >= 4 is 29.6 Å². The largest absolute Gasteiger partial charge is 0.493 e. The first kappa shape index (κ1) is 24.4. The van der Waals surface area contributed by atoms with Gasteiger partial charge in [0.05, 0.1) is 12.8 Å². The van der Waals surface area contributed by atoms with E-state index in [1.165, 1.54) is 25.3 Å². The Bertz CT molecular complexity index is 1370. The van der Waals surface area contributed by atoms with Crippen molar-refractivity contribution in [3.8, 4) is 11.5 Å². The van der Waals surface area contributed by atoms with Crippen molar-refractivity contribution in [2.75, 3.05) is 12.0 Å². The van der Waals surface area contributed by atoms with Crippen LogP contribution < -0.4 is 19.7 Å². The molecule has 4 amide bonds. The summed E-state index contributed by atoms with van der Waals surface area (Å²) in [6.45, 7) is 3.88. The van der Waals surface area contributed by atoms with Gasteiger partial charge in [0.1, 0.15) is 18.0 Å². The third kappa shape index (κ3) is 5.17. The first-order chi connectivity index (χ1) is 17.4. The van der Waals surface area contributed by atoms with Crippen LogP contribution in [0.15, 0.2) is 85.0 Å². The van der Waals surface area contributed by atoms with E-state index in [1.807, 2.05) is 0 Å². The van der Waals surface area contributed by atoms with Crippen LogP contribution in [0.5, 0.6) is 11.5 Å². The summed E-state index contributed by atoms with van der Waals surface area (Å²) in [5.41, 5.74) is 1.95. The highest BCUT2D eigenvalue weighted by Gasteiger charge is 2.36. The summed E-state index contributed by atoms with van der Waals surface area (Å²) in [5.74, 6) is -1.12. The van der Waals surface area contributed by atoms with Gasteiger partial charge in [-0.2, -0.15) is 0 Å². The maximum Gasteiger partial charge on any atom is 0.335 e. The van der Waals surface area contributed by atoms with Crippen LogP contribution in [-0.2, 0) is 22.6 Å². The average molecular weight is 486 g/mol. The molecule has 0 bridgehead atoms. The molecule has 0 aromatic heterocycles. The van der Waals surface area contributed by atoms with Gasteiger partial charge in [-0.15, -0.1) is 6.58 Å². The fourth-order valence-electron chi connectivity index (χ4n) is 3.81. The quantitative estimate of drug-likeness (QED) is 0.281. The third-order valence-electron chi connectivity index (χ3n) is 5.44. The lowest BCUT2D eigenvalue weighted by atomic mass is 10.0. The van der Waals surface area contributed by atoms with Gasteiger partial charge in [0.2, 0.25) is 0 Å². The maximum atomic E-state index is 13.6. The number of amides is 4. The smallest absolute Gasteiger partial charge is 0.335 e. The van der Waals surface area contributed by atoms with E-state index in [1.54, 1.807) is 60.7 Å². The summed E-state index contributed by atoms with van der Waals surface area (Å²) in [4.78, 5) is 39.0. The molecule has 1 aliphatic heterocycles. The maximum absolute atomic E-state index is 13.6. The number of anilines is 1. The number of carbonyl (C=O) groups is 3. The fourth-order valence-corrected chi connectivity index (χ4v) is 3.81. The number of allylic oxidation sites excluding steroid dienone is 1. The number of nitrogens with one attached hydrogen (secondary N) is 1. The van der Waals surface area contributed by atoms with Gasteiger partial charge in [-0.3, -0.25) is 14.9 Å². The van der Waals surface area contributed by atoms with Gasteiger partial charge in [-0.1, -0.05) is 36.4 Å². The topological polar surface area (TPSA) is 84.9 Å². The number of hydrogen-bond acceptors (Lipinski definition) is 5. The number of benzene rings is 3. The molecular weight excluding hydrogens is 463 g/mol. The number of rotatable bonds is 8. The molecule has 3 aromatic rings. The number of urea groups is 1. The summed E-state index contributed by atoms with van der Waals surface area (Å²) in [7, 11) is 1.47. The van der Waals surface area contributed by atoms with Crippen molar-refractivity contribution in [2.45, 2.75) is 13.0 Å². The molecule has 7 nitrogen and oxygen atoms in total. The van der Waals surface area contributed by atoms with Crippen molar-refractivity contribution in [3.63, 3.8) is 0 Å². The number of hydrogen-bond donors (Lipinski definition) is 1. The van der Waals surface area contributed by atoms with Gasteiger partial charge < -0.3 is 9.47 Å². The predicted octanol–water partition coefficient (Wildman–Crippen LogP) is 4.81. The van der Waals surface area contributed by atoms with Crippen molar-refractivity contribution in [2.24, 2.45) is 0 Å². The molecule has 0 saturated carbocycles. The highest BCUT2D eigenvalue weighted by molar-refractivity contribution is 6.39. The molecule has 182 valence electrons. The zero-order valence-electron chi connectivity index (χ0n) is 19.5. The molecule has 3 aromatic carbocycles. The Morgan fingerprint density at radius 2 is 1.81 bits per heavy atom. The molecule has 1 aliphatic rings. The van der Waals surface area contributed by atoms with E-state index >= 15 is 0 Å². The molecule has 0 unspecified atom stereocenters. The van der Waals surface area contributed by atoms with E-state index in [9.17, 15) is 18.8 Å². The average Bonchev–Trinajstić information content (AvgIpc) is 2.86. The highest BCUT2D eigenvalue weighted by Crippen LogP contribution is 2.35. The zero-order chi connectivity index (χ0) is 25.7. The normalized spacial score (nSPS) is 14.6. The second kappa shape index (κ2) is 10.7. The Morgan fingerprint density at radius 1 is 1.03 bits per heavy atom. The Balaban J connectivity index is 1.70. The molecule has 0 atom stereocenters. The summed E-state index contributed by atoms with van der Waals surface area (Å²) < 4.78 is 25.0. The Hall–Kier alpha value is -4.72. The minimum Gasteiger partial charge on any atom is -0.493 e. The number of ether oxygens (including phenoxy) is 2. The summed E-state index contributed by atoms with van der Waals surface area (Å²) >= 11 is 0. The van der Waals surface area contributed by atoms with Gasteiger partial charge in [-0.25, -0.2) is 14.1 Å². The molecule has 1 saturated heterocycles. The van der Waals surface area contributed by atoms with Gasteiger partial charge >= 0.3 is 6.03 Å². The minimum atomic E-state index is -0.820. The summed E-state index contributed by atoms with van der Waals surface area (Å²) in [6, 6.07) is 16.9. The first-order valence-electron chi connectivity index (χ1n) is 11.1. The zero-order valence-corrected chi connectivity index (χ0v) is 19.5. The van der Waals surface area contributed by atoms with Crippen molar-refractivity contribution < 1.29 is 28.2 Å². The monoisotopic (exact) mass is 486 g/mol. The molecule has 8 heteroatoms. The van der Waals surface area contributed by atoms with E-state index in [0.29, 0.717) is 40.3 Å². The first-order valence-corrected chi connectivity index (χ1v) is 11.1. The van der Waals surface area contributed by atoms with Crippen molar-refractivity contribution in [3.05, 3.63) is 107 Å². The number of imide groups is 2. The Kier molecular flexibility index (Phi) is 7.25. The van der Waals surface area contributed by atoms with Gasteiger partial charge in [0, 0.05) is 5.56 Å². The summed E-state index contributed by atoms with van der Waals surface area (Å²) in [6.07, 6.45) is 3.47. The predicted molar refractivity (Wildman–Crippen MR) is 133 cm³/mol. The van der Waals surface area contributed by atoms with Crippen LogP contribution in [0, 0.1) is 5.82 Å². The van der Waals surface area contributed by atoms with Gasteiger partial charge in [0.15, 0.2) is 11.5 Å². The number of halogens is 1. The van der Waals surface area contributed by atoms with E-state index in [4.69, 9.17) is 9.47 Å². The molecule has 0 radical (unpaired) electrons. The van der Waals surface area contributed by atoms with Crippen LogP contribution in [0.4, 0.5) is 14.9 Å². The van der Waals surface area contributed by atoms with Crippen LogP contribution in [0.25, 0.3) is 6.08 Å². The van der Waals surface area contributed by atoms with Crippen LogP contribution in [0.3, 0.4) is 0 Å². The molecule has 36 heavy (non-hydrogen) atoms. The molecule has 4 rings (SSSR count). The number of methoxy groups -OCH3 is 1. The van der Waals surface area contributed by atoms with Gasteiger partial charge in [0.25, 0.3) is 11.8 Å². The summed E-state index contributed by atoms with van der Waals surface area (Å²) in [5, 5.41) is 2.21. The third-order valence-corrected chi connectivity index (χ3v) is 5.44. The number of nitrogens with zero attached hydrogens (tertiary/aromatic N) is 1. The lowest BCUT2D eigenvalue weighted by molar-refractivity contribution is -0.122. The van der Waals surface area contributed by atoms with Crippen LogP contribution in [0.2, 0.25) is 0 Å². The van der Waals surface area contributed by atoms with E-state index < -0.39 is 17.8 Å². The van der Waals surface area contributed by atoms with Crippen LogP contribution >= 0.6 is 0 Å².